The van der Waals surface area contributed by atoms with Crippen LogP contribution in [-0.4, -0.2) is 28.9 Å². The standard InChI is InChI=1S/C17H13N3O2S2/c1-20-8-10-6-9(2-4-12(10)16(20)22)14-5-3-11(24-14)7-13-15(21)19-17(23)18-13/h2-7H,8H2,1H3,(H2,18,19,21,23). The van der Waals surface area contributed by atoms with Crippen molar-refractivity contribution < 1.29 is 9.59 Å². The third kappa shape index (κ3) is 2.51. The van der Waals surface area contributed by atoms with E-state index in [0.29, 0.717) is 17.4 Å². The van der Waals surface area contributed by atoms with E-state index in [0.717, 1.165) is 26.4 Å². The quantitative estimate of drug-likeness (QED) is 0.641. The van der Waals surface area contributed by atoms with Crippen LogP contribution >= 0.6 is 23.6 Å². The van der Waals surface area contributed by atoms with Gasteiger partial charge in [-0.2, -0.15) is 0 Å². The lowest BCUT2D eigenvalue weighted by molar-refractivity contribution is -0.115. The number of benzene rings is 1. The number of nitrogens with zero attached hydrogens (tertiary/aromatic N) is 1. The summed E-state index contributed by atoms with van der Waals surface area (Å²) in [5.41, 5.74) is 3.36. The molecule has 24 heavy (non-hydrogen) atoms. The minimum Gasteiger partial charge on any atom is -0.337 e. The first kappa shape index (κ1) is 15.0. The Labute approximate surface area is 148 Å². The predicted octanol–water partition coefficient (Wildman–Crippen LogP) is 2.35. The average Bonchev–Trinajstić information content (AvgIpc) is 3.20. The van der Waals surface area contributed by atoms with E-state index in [9.17, 15) is 9.59 Å². The van der Waals surface area contributed by atoms with Crippen molar-refractivity contribution in [2.75, 3.05) is 7.05 Å². The third-order valence-electron chi connectivity index (χ3n) is 4.01. The van der Waals surface area contributed by atoms with Crippen molar-refractivity contribution in [3.63, 3.8) is 0 Å². The Kier molecular flexibility index (Phi) is 3.47. The normalized spacial score (nSPS) is 18.1. The molecule has 0 aliphatic carbocycles. The number of thiocarbonyl (C=S) groups is 1. The van der Waals surface area contributed by atoms with Gasteiger partial charge in [-0.1, -0.05) is 6.07 Å². The Bertz CT molecular complexity index is 930. The molecule has 3 heterocycles. The van der Waals surface area contributed by atoms with E-state index < -0.39 is 0 Å². The summed E-state index contributed by atoms with van der Waals surface area (Å²) < 4.78 is 0. The van der Waals surface area contributed by atoms with Gasteiger partial charge in [0.25, 0.3) is 11.8 Å². The van der Waals surface area contributed by atoms with Crippen molar-refractivity contribution >= 4 is 46.6 Å². The molecule has 4 rings (SSSR count). The second-order valence-corrected chi connectivity index (χ2v) is 7.23. The first-order chi connectivity index (χ1) is 11.5. The largest absolute Gasteiger partial charge is 0.337 e. The summed E-state index contributed by atoms with van der Waals surface area (Å²) in [6, 6.07) is 9.90. The van der Waals surface area contributed by atoms with Crippen LogP contribution < -0.4 is 10.6 Å². The van der Waals surface area contributed by atoms with Crippen molar-refractivity contribution in [1.82, 2.24) is 15.5 Å². The number of carbonyl (C=O) groups excluding carboxylic acids is 2. The van der Waals surface area contributed by atoms with E-state index in [-0.39, 0.29) is 11.8 Å². The molecule has 2 aromatic rings. The summed E-state index contributed by atoms with van der Waals surface area (Å²) in [4.78, 5) is 27.4. The second-order valence-electron chi connectivity index (χ2n) is 5.70. The maximum atomic E-state index is 12.0. The smallest absolute Gasteiger partial charge is 0.273 e. The first-order valence-corrected chi connectivity index (χ1v) is 8.56. The van der Waals surface area contributed by atoms with Crippen molar-refractivity contribution in [2.45, 2.75) is 6.54 Å². The highest BCUT2D eigenvalue weighted by atomic mass is 32.1. The Morgan fingerprint density at radius 1 is 1.21 bits per heavy atom. The SMILES string of the molecule is CN1Cc2cc(-c3ccc(C=C4NC(=S)NC4=O)s3)ccc2C1=O. The number of nitrogens with one attached hydrogen (secondary N) is 2. The predicted molar refractivity (Wildman–Crippen MR) is 97.4 cm³/mol. The molecule has 0 saturated carbocycles. The molecule has 0 atom stereocenters. The van der Waals surface area contributed by atoms with E-state index >= 15 is 0 Å². The minimum absolute atomic E-state index is 0.0717. The lowest BCUT2D eigenvalue weighted by Gasteiger charge is -2.04. The van der Waals surface area contributed by atoms with Crippen LogP contribution in [0.4, 0.5) is 0 Å². The molecule has 2 amide bonds. The summed E-state index contributed by atoms with van der Waals surface area (Å²) >= 11 is 6.51. The molecule has 1 aromatic heterocycles. The summed E-state index contributed by atoms with van der Waals surface area (Å²) in [6.45, 7) is 0.645. The van der Waals surface area contributed by atoms with E-state index in [1.54, 1.807) is 22.3 Å². The van der Waals surface area contributed by atoms with Gasteiger partial charge in [0.15, 0.2) is 5.11 Å². The minimum atomic E-state index is -0.214. The van der Waals surface area contributed by atoms with Gasteiger partial charge in [0.2, 0.25) is 0 Å². The molecule has 0 unspecified atom stereocenters. The zero-order valence-electron chi connectivity index (χ0n) is 12.8. The maximum absolute atomic E-state index is 12.0. The molecule has 7 heteroatoms. The van der Waals surface area contributed by atoms with Crippen LogP contribution in [0.1, 0.15) is 20.8 Å². The molecule has 0 radical (unpaired) electrons. The third-order valence-corrected chi connectivity index (χ3v) is 5.29. The zero-order valence-corrected chi connectivity index (χ0v) is 14.4. The molecule has 0 spiro atoms. The number of thiophene rings is 1. The van der Waals surface area contributed by atoms with E-state index in [4.69, 9.17) is 12.2 Å². The molecule has 1 saturated heterocycles. The van der Waals surface area contributed by atoms with Crippen LogP contribution in [0.25, 0.3) is 16.5 Å². The first-order valence-electron chi connectivity index (χ1n) is 7.34. The van der Waals surface area contributed by atoms with E-state index in [2.05, 4.69) is 16.7 Å². The van der Waals surface area contributed by atoms with Gasteiger partial charge < -0.3 is 10.2 Å². The van der Waals surface area contributed by atoms with Crippen LogP contribution in [0.15, 0.2) is 36.0 Å². The molecule has 0 bridgehead atoms. The van der Waals surface area contributed by atoms with Crippen LogP contribution in [0.2, 0.25) is 0 Å². The average molecular weight is 355 g/mol. The van der Waals surface area contributed by atoms with E-state index in [1.165, 1.54) is 0 Å². The van der Waals surface area contributed by atoms with Gasteiger partial charge in [0.05, 0.1) is 0 Å². The highest BCUT2D eigenvalue weighted by molar-refractivity contribution is 7.80. The Morgan fingerprint density at radius 3 is 2.79 bits per heavy atom. The molecule has 2 N–H and O–H groups in total. The molecule has 120 valence electrons. The number of fused-ring (bicyclic) bond motifs is 1. The molecule has 2 aliphatic heterocycles. The monoisotopic (exact) mass is 355 g/mol. The Hall–Kier alpha value is -2.51. The lowest BCUT2D eigenvalue weighted by Crippen LogP contribution is -2.21. The van der Waals surface area contributed by atoms with Crippen molar-refractivity contribution in [1.29, 1.82) is 0 Å². The van der Waals surface area contributed by atoms with Crippen molar-refractivity contribution in [3.05, 3.63) is 52.0 Å². The fraction of sp³-hybridized carbons (Fsp3) is 0.118. The molecule has 5 nitrogen and oxygen atoms in total. The van der Waals surface area contributed by atoms with Crippen molar-refractivity contribution in [2.24, 2.45) is 0 Å². The fourth-order valence-electron chi connectivity index (χ4n) is 2.83. The molecule has 2 aliphatic rings. The lowest BCUT2D eigenvalue weighted by atomic mass is 10.1. The highest BCUT2D eigenvalue weighted by Gasteiger charge is 2.24. The summed E-state index contributed by atoms with van der Waals surface area (Å²) in [5, 5.41) is 5.71. The molecule has 1 fully saturated rings. The van der Waals surface area contributed by atoms with Gasteiger partial charge in [-0.15, -0.1) is 11.3 Å². The summed E-state index contributed by atoms with van der Waals surface area (Å²) in [7, 11) is 1.81. The van der Waals surface area contributed by atoms with Crippen LogP contribution in [0.5, 0.6) is 0 Å². The number of hydrogen-bond acceptors (Lipinski definition) is 4. The zero-order chi connectivity index (χ0) is 16.8. The van der Waals surface area contributed by atoms with Gasteiger partial charge in [-0.3, -0.25) is 14.9 Å². The van der Waals surface area contributed by atoms with Crippen LogP contribution in [0, 0.1) is 0 Å². The van der Waals surface area contributed by atoms with Crippen LogP contribution in [-0.2, 0) is 11.3 Å². The number of amides is 2. The number of rotatable bonds is 2. The Morgan fingerprint density at radius 2 is 2.04 bits per heavy atom. The summed E-state index contributed by atoms with van der Waals surface area (Å²) in [6.07, 6.45) is 1.79. The molecular formula is C17H13N3O2S2. The Balaban J connectivity index is 1.63. The van der Waals surface area contributed by atoms with Gasteiger partial charge in [0, 0.05) is 28.9 Å². The highest BCUT2D eigenvalue weighted by Crippen LogP contribution is 2.32. The van der Waals surface area contributed by atoms with E-state index in [1.807, 2.05) is 31.3 Å². The van der Waals surface area contributed by atoms with Gasteiger partial charge in [0.1, 0.15) is 5.70 Å². The van der Waals surface area contributed by atoms with Gasteiger partial charge in [-0.25, -0.2) is 0 Å². The van der Waals surface area contributed by atoms with Crippen molar-refractivity contribution in [3.8, 4) is 10.4 Å². The fourth-order valence-corrected chi connectivity index (χ4v) is 3.98. The van der Waals surface area contributed by atoms with Crippen LogP contribution in [0.3, 0.4) is 0 Å². The maximum Gasteiger partial charge on any atom is 0.273 e. The van der Waals surface area contributed by atoms with Gasteiger partial charge >= 0.3 is 0 Å². The number of hydrogen-bond donors (Lipinski definition) is 2. The molecule has 1 aromatic carbocycles. The second kappa shape index (κ2) is 5.54. The molecular weight excluding hydrogens is 342 g/mol. The number of carbonyl (C=O) groups is 2. The van der Waals surface area contributed by atoms with Gasteiger partial charge in [-0.05, 0) is 53.7 Å². The summed E-state index contributed by atoms with van der Waals surface area (Å²) in [5.74, 6) is -0.142. The topological polar surface area (TPSA) is 61.4 Å².